The maximum absolute atomic E-state index is 12.1. The van der Waals surface area contributed by atoms with E-state index in [1.165, 1.54) is 42.6 Å². The predicted molar refractivity (Wildman–Crippen MR) is 102 cm³/mol. The summed E-state index contributed by atoms with van der Waals surface area (Å²) < 4.78 is 0. The highest BCUT2D eigenvalue weighted by Crippen LogP contribution is 2.09. The zero-order valence-electron chi connectivity index (χ0n) is 14.9. The third kappa shape index (κ3) is 5.30. The number of hydrogen-bond donors (Lipinski definition) is 2. The molecule has 0 unspecified atom stereocenters. The zero-order chi connectivity index (χ0) is 17.5. The number of carbonyl (C=O) groups is 1. The molecule has 1 amide bonds. The third-order valence-corrected chi connectivity index (χ3v) is 4.79. The van der Waals surface area contributed by atoms with Crippen LogP contribution in [0.2, 0.25) is 0 Å². The van der Waals surface area contributed by atoms with E-state index in [0.29, 0.717) is 6.54 Å². The van der Waals surface area contributed by atoms with Crippen LogP contribution in [0.15, 0.2) is 54.6 Å². The van der Waals surface area contributed by atoms with E-state index in [-0.39, 0.29) is 5.91 Å². The summed E-state index contributed by atoms with van der Waals surface area (Å²) in [5, 5.41) is 3.01. The Kier molecular flexibility index (Phi) is 6.02. The van der Waals surface area contributed by atoms with Crippen molar-refractivity contribution in [3.8, 4) is 0 Å². The second-order valence-electron chi connectivity index (χ2n) is 6.87. The monoisotopic (exact) mass is 335 g/mol. The highest BCUT2D eigenvalue weighted by Gasteiger charge is 2.17. The van der Waals surface area contributed by atoms with Gasteiger partial charge in [0, 0.05) is 31.0 Å². The van der Waals surface area contributed by atoms with E-state index in [1.807, 2.05) is 24.3 Å². The number of amides is 1. The summed E-state index contributed by atoms with van der Waals surface area (Å²) in [7, 11) is 0. The van der Waals surface area contributed by atoms with Gasteiger partial charge in [0.1, 0.15) is 6.54 Å². The molecule has 0 aromatic heterocycles. The van der Waals surface area contributed by atoms with Crippen LogP contribution in [0.3, 0.4) is 0 Å². The average Bonchev–Trinajstić information content (AvgIpc) is 3.12. The van der Waals surface area contributed by atoms with E-state index in [4.69, 9.17) is 0 Å². The molecule has 1 fully saturated rings. The van der Waals surface area contributed by atoms with Gasteiger partial charge in [-0.1, -0.05) is 54.1 Å². The van der Waals surface area contributed by atoms with Crippen molar-refractivity contribution < 1.29 is 9.69 Å². The number of carbonyl (C=O) groups excluding carboxylic acids is 1. The van der Waals surface area contributed by atoms with Gasteiger partial charge in [-0.2, -0.15) is 0 Å². The molecule has 0 saturated carbocycles. The Balaban J connectivity index is 1.56. The Morgan fingerprint density at radius 2 is 1.84 bits per heavy atom. The summed E-state index contributed by atoms with van der Waals surface area (Å²) in [4.78, 5) is 13.8. The lowest BCUT2D eigenvalue weighted by Crippen LogP contribution is -3.08. The van der Waals surface area contributed by atoms with Gasteiger partial charge < -0.3 is 10.2 Å². The first-order valence-corrected chi connectivity index (χ1v) is 9.13. The minimum absolute atomic E-state index is 0.0511. The van der Waals surface area contributed by atoms with Gasteiger partial charge in [-0.25, -0.2) is 0 Å². The van der Waals surface area contributed by atoms with Crippen LogP contribution in [0.4, 0.5) is 0 Å². The van der Waals surface area contributed by atoms with Crippen molar-refractivity contribution in [1.82, 2.24) is 5.32 Å². The largest absolute Gasteiger partial charge is 0.348 e. The van der Waals surface area contributed by atoms with Crippen molar-refractivity contribution in [1.29, 1.82) is 0 Å². The molecular weight excluding hydrogens is 308 g/mol. The zero-order valence-corrected chi connectivity index (χ0v) is 14.9. The maximum atomic E-state index is 12.1. The van der Waals surface area contributed by atoms with E-state index in [2.05, 4.69) is 42.6 Å². The molecule has 130 valence electrons. The summed E-state index contributed by atoms with van der Waals surface area (Å²) in [5.41, 5.74) is 4.82. The molecule has 1 aliphatic heterocycles. The van der Waals surface area contributed by atoms with Crippen LogP contribution >= 0.6 is 0 Å². The van der Waals surface area contributed by atoms with Gasteiger partial charge >= 0.3 is 0 Å². The molecule has 0 spiro atoms. The number of likely N-dealkylation sites (tertiary alicyclic amines) is 1. The summed E-state index contributed by atoms with van der Waals surface area (Å²) >= 11 is 0. The quantitative estimate of drug-likeness (QED) is 0.782. The molecule has 1 saturated heterocycles. The molecule has 0 radical (unpaired) electrons. The molecule has 1 heterocycles. The molecule has 3 rings (SSSR count). The normalized spacial score (nSPS) is 14.9. The van der Waals surface area contributed by atoms with Gasteiger partial charge in [0.2, 0.25) is 5.91 Å². The van der Waals surface area contributed by atoms with Crippen molar-refractivity contribution >= 4 is 12.0 Å². The second kappa shape index (κ2) is 8.63. The molecule has 0 bridgehead atoms. The molecule has 0 aliphatic carbocycles. The minimum Gasteiger partial charge on any atom is -0.348 e. The highest BCUT2D eigenvalue weighted by molar-refractivity contribution is 5.91. The molecular formula is C22H27N2O+. The van der Waals surface area contributed by atoms with Gasteiger partial charge in [0.15, 0.2) is 0 Å². The first kappa shape index (κ1) is 17.4. The van der Waals surface area contributed by atoms with Gasteiger partial charge in [0.05, 0.1) is 13.1 Å². The summed E-state index contributed by atoms with van der Waals surface area (Å²) in [6.07, 6.45) is 6.14. The van der Waals surface area contributed by atoms with E-state index < -0.39 is 0 Å². The molecule has 2 aromatic carbocycles. The van der Waals surface area contributed by atoms with Gasteiger partial charge in [0.25, 0.3) is 0 Å². The van der Waals surface area contributed by atoms with E-state index in [9.17, 15) is 4.79 Å². The van der Waals surface area contributed by atoms with Crippen LogP contribution in [-0.4, -0.2) is 19.0 Å². The predicted octanol–water partition coefficient (Wildman–Crippen LogP) is 2.50. The summed E-state index contributed by atoms with van der Waals surface area (Å²) in [5.74, 6) is -0.0511. The Hall–Kier alpha value is -2.39. The van der Waals surface area contributed by atoms with Crippen LogP contribution in [0, 0.1) is 6.92 Å². The van der Waals surface area contributed by atoms with E-state index in [0.717, 1.165) is 12.1 Å². The molecule has 0 atom stereocenters. The smallest absolute Gasteiger partial charge is 0.244 e. The number of nitrogens with one attached hydrogen (secondary N) is 2. The van der Waals surface area contributed by atoms with Crippen molar-refractivity contribution in [2.24, 2.45) is 0 Å². The molecule has 25 heavy (non-hydrogen) atoms. The first-order chi connectivity index (χ1) is 12.2. The lowest BCUT2D eigenvalue weighted by Gasteiger charge is -2.15. The van der Waals surface area contributed by atoms with Crippen molar-refractivity contribution in [2.75, 3.05) is 13.1 Å². The van der Waals surface area contributed by atoms with Crippen LogP contribution in [0.5, 0.6) is 0 Å². The molecule has 3 nitrogen and oxygen atoms in total. The Bertz CT molecular complexity index is 745. The maximum Gasteiger partial charge on any atom is 0.244 e. The average molecular weight is 335 g/mol. The number of benzene rings is 2. The number of quaternary nitrogens is 1. The van der Waals surface area contributed by atoms with Crippen LogP contribution in [0.1, 0.15) is 35.1 Å². The topological polar surface area (TPSA) is 33.5 Å². The fraction of sp³-hybridized carbons (Fsp3) is 0.318. The number of hydrogen-bond acceptors (Lipinski definition) is 1. The lowest BCUT2D eigenvalue weighted by atomic mass is 10.1. The second-order valence-corrected chi connectivity index (χ2v) is 6.87. The Labute approximate surface area is 150 Å². The van der Waals surface area contributed by atoms with Crippen molar-refractivity contribution in [3.63, 3.8) is 0 Å². The first-order valence-electron chi connectivity index (χ1n) is 9.13. The summed E-state index contributed by atoms with van der Waals surface area (Å²) in [6, 6.07) is 16.6. The van der Waals surface area contributed by atoms with E-state index in [1.54, 1.807) is 11.0 Å². The van der Waals surface area contributed by atoms with Gasteiger partial charge in [-0.15, -0.1) is 0 Å². The lowest BCUT2D eigenvalue weighted by molar-refractivity contribution is -0.901. The fourth-order valence-electron chi connectivity index (χ4n) is 3.41. The van der Waals surface area contributed by atoms with Crippen molar-refractivity contribution in [2.45, 2.75) is 32.9 Å². The highest BCUT2D eigenvalue weighted by atomic mass is 16.1. The fourth-order valence-corrected chi connectivity index (χ4v) is 3.41. The van der Waals surface area contributed by atoms with Gasteiger partial charge in [-0.3, -0.25) is 4.79 Å². The van der Waals surface area contributed by atoms with Crippen molar-refractivity contribution in [3.05, 3.63) is 76.9 Å². The van der Waals surface area contributed by atoms with Crippen LogP contribution < -0.4 is 10.2 Å². The Morgan fingerprint density at radius 3 is 2.60 bits per heavy atom. The molecule has 2 aromatic rings. The number of aryl methyl sites for hydroxylation is 1. The standard InChI is InChI=1S/C22H26N2O/c1-18-7-6-8-19(15-18)11-12-22(25)23-16-20-9-2-3-10-21(20)17-24-13-4-5-14-24/h2-3,6-12,15H,4-5,13-14,16-17H2,1H3,(H,23,25)/p+1/b12-11+. The molecule has 3 heteroatoms. The number of rotatable bonds is 6. The Morgan fingerprint density at radius 1 is 1.08 bits per heavy atom. The SMILES string of the molecule is Cc1cccc(/C=C/C(=O)NCc2ccccc2C[NH+]2CCCC2)c1. The molecule has 2 N–H and O–H groups in total. The van der Waals surface area contributed by atoms with Crippen LogP contribution in [0.25, 0.3) is 6.08 Å². The molecule has 1 aliphatic rings. The van der Waals surface area contributed by atoms with E-state index >= 15 is 0 Å². The van der Waals surface area contributed by atoms with Gasteiger partial charge in [-0.05, 0) is 24.1 Å². The summed E-state index contributed by atoms with van der Waals surface area (Å²) in [6.45, 7) is 6.22. The van der Waals surface area contributed by atoms with Crippen LogP contribution in [-0.2, 0) is 17.9 Å². The minimum atomic E-state index is -0.0511. The third-order valence-electron chi connectivity index (χ3n) is 4.79.